The van der Waals surface area contributed by atoms with E-state index >= 15 is 0 Å². The Morgan fingerprint density at radius 2 is 2.10 bits per heavy atom. The van der Waals surface area contributed by atoms with Crippen LogP contribution >= 0.6 is 23.5 Å². The predicted molar refractivity (Wildman–Crippen MR) is 87.7 cm³/mol. The molecule has 2 aliphatic rings. The smallest absolute Gasteiger partial charge is 0.235 e. The second kappa shape index (κ2) is 6.22. The average Bonchev–Trinajstić information content (AvgIpc) is 3.00. The van der Waals surface area contributed by atoms with Crippen molar-refractivity contribution in [1.82, 2.24) is 4.90 Å². The normalized spacial score (nSPS) is 19.4. The number of amides is 1. The van der Waals surface area contributed by atoms with E-state index in [0.717, 1.165) is 41.7 Å². The maximum Gasteiger partial charge on any atom is 0.235 e. The summed E-state index contributed by atoms with van der Waals surface area (Å²) in [6, 6.07) is 8.22. The molecule has 1 aromatic rings. The summed E-state index contributed by atoms with van der Waals surface area (Å²) in [5.41, 5.74) is 2.33. The Labute approximate surface area is 128 Å². The van der Waals surface area contributed by atoms with Crippen LogP contribution < -0.4 is 0 Å². The maximum atomic E-state index is 12.3. The molecule has 1 amide bonds. The van der Waals surface area contributed by atoms with Crippen molar-refractivity contribution in [2.75, 3.05) is 13.1 Å². The number of fused-ring (bicyclic) bond motifs is 1. The van der Waals surface area contributed by atoms with Crippen LogP contribution in [0.25, 0.3) is 0 Å². The van der Waals surface area contributed by atoms with Crippen LogP contribution in [0.3, 0.4) is 0 Å². The zero-order valence-electron chi connectivity index (χ0n) is 11.5. The molecule has 0 radical (unpaired) electrons. The summed E-state index contributed by atoms with van der Waals surface area (Å²) in [4.78, 5) is 19.0. The average molecular weight is 306 g/mol. The first-order chi connectivity index (χ1) is 9.74. The highest BCUT2D eigenvalue weighted by atomic mass is 32.2. The zero-order valence-corrected chi connectivity index (χ0v) is 13.2. The third kappa shape index (κ3) is 3.04. The summed E-state index contributed by atoms with van der Waals surface area (Å²) >= 11 is 3.34. The van der Waals surface area contributed by atoms with Crippen molar-refractivity contribution in [2.45, 2.75) is 30.8 Å². The van der Waals surface area contributed by atoms with Crippen molar-refractivity contribution in [3.63, 3.8) is 0 Å². The predicted octanol–water partition coefficient (Wildman–Crippen LogP) is 3.67. The Bertz CT molecular complexity index is 538. The Morgan fingerprint density at radius 3 is 2.90 bits per heavy atom. The fourth-order valence-electron chi connectivity index (χ4n) is 2.47. The van der Waals surface area contributed by atoms with Crippen LogP contribution in [0.2, 0.25) is 0 Å². The van der Waals surface area contributed by atoms with Crippen LogP contribution in [0.1, 0.15) is 25.3 Å². The number of rotatable bonds is 2. The molecule has 1 atom stereocenters. The maximum absolute atomic E-state index is 12.3. The molecule has 2 heterocycles. The second-order valence-electron chi connectivity index (χ2n) is 5.09. The van der Waals surface area contributed by atoms with Crippen LogP contribution in [-0.2, 0) is 10.5 Å². The molecule has 106 valence electrons. The summed E-state index contributed by atoms with van der Waals surface area (Å²) in [5, 5.41) is -0.0374. The molecule has 0 aliphatic carbocycles. The lowest BCUT2D eigenvalue weighted by atomic mass is 10.2. The van der Waals surface area contributed by atoms with Crippen molar-refractivity contribution in [2.24, 2.45) is 4.99 Å². The Hall–Kier alpha value is -0.940. The van der Waals surface area contributed by atoms with Crippen molar-refractivity contribution in [1.29, 1.82) is 0 Å². The topological polar surface area (TPSA) is 32.7 Å². The highest BCUT2D eigenvalue weighted by Gasteiger charge is 2.25. The van der Waals surface area contributed by atoms with E-state index in [1.807, 2.05) is 30.0 Å². The van der Waals surface area contributed by atoms with E-state index in [1.54, 1.807) is 23.5 Å². The molecule has 5 heteroatoms. The van der Waals surface area contributed by atoms with Gasteiger partial charge >= 0.3 is 0 Å². The first-order valence-corrected chi connectivity index (χ1v) is 8.85. The summed E-state index contributed by atoms with van der Waals surface area (Å²) in [6.45, 7) is 3.84. The van der Waals surface area contributed by atoms with Gasteiger partial charge in [-0.25, -0.2) is 4.99 Å². The Morgan fingerprint density at radius 1 is 1.35 bits per heavy atom. The number of nitrogens with zero attached hydrogens (tertiary/aromatic N) is 2. The van der Waals surface area contributed by atoms with Crippen molar-refractivity contribution in [3.05, 3.63) is 29.8 Å². The summed E-state index contributed by atoms with van der Waals surface area (Å²) in [7, 11) is 0. The van der Waals surface area contributed by atoms with Gasteiger partial charge in [-0.15, -0.1) is 0 Å². The molecule has 0 spiro atoms. The number of hydrogen-bond acceptors (Lipinski definition) is 4. The SMILES string of the molecule is CC(SC1=Nc2ccccc2CS1)C(=O)N1CCCC1. The second-order valence-corrected chi connectivity index (χ2v) is 7.64. The van der Waals surface area contributed by atoms with E-state index in [0.29, 0.717) is 0 Å². The number of carbonyl (C=O) groups excluding carboxylic acids is 1. The minimum absolute atomic E-state index is 0.0374. The third-order valence-electron chi connectivity index (χ3n) is 3.60. The van der Waals surface area contributed by atoms with Crippen LogP contribution in [0, 0.1) is 0 Å². The lowest BCUT2D eigenvalue weighted by Crippen LogP contribution is -2.34. The lowest BCUT2D eigenvalue weighted by molar-refractivity contribution is -0.129. The third-order valence-corrected chi connectivity index (χ3v) is 5.88. The zero-order chi connectivity index (χ0) is 13.9. The van der Waals surface area contributed by atoms with Gasteiger partial charge in [0.2, 0.25) is 5.91 Å². The summed E-state index contributed by atoms with van der Waals surface area (Å²) in [5.74, 6) is 1.21. The fraction of sp³-hybridized carbons (Fsp3) is 0.467. The van der Waals surface area contributed by atoms with Gasteiger partial charge in [0, 0.05) is 18.8 Å². The number of aliphatic imine (C=N–C) groups is 1. The number of thioether (sulfide) groups is 2. The van der Waals surface area contributed by atoms with E-state index in [2.05, 4.69) is 11.1 Å². The van der Waals surface area contributed by atoms with Gasteiger partial charge < -0.3 is 4.90 Å². The highest BCUT2D eigenvalue weighted by Crippen LogP contribution is 2.36. The molecule has 0 bridgehead atoms. The van der Waals surface area contributed by atoms with Gasteiger partial charge in [-0.3, -0.25) is 4.79 Å². The minimum atomic E-state index is -0.0374. The van der Waals surface area contributed by atoms with E-state index in [1.165, 1.54) is 5.56 Å². The number of likely N-dealkylation sites (tertiary alicyclic amines) is 1. The molecule has 0 saturated carbocycles. The number of benzene rings is 1. The van der Waals surface area contributed by atoms with Gasteiger partial charge in [-0.2, -0.15) is 0 Å². The quantitative estimate of drug-likeness (QED) is 0.836. The van der Waals surface area contributed by atoms with Crippen LogP contribution in [0.5, 0.6) is 0 Å². The van der Waals surface area contributed by atoms with Gasteiger partial charge in [-0.1, -0.05) is 41.7 Å². The number of carbonyl (C=O) groups is 1. The minimum Gasteiger partial charge on any atom is -0.342 e. The van der Waals surface area contributed by atoms with Crippen molar-refractivity contribution < 1.29 is 4.79 Å². The van der Waals surface area contributed by atoms with Crippen LogP contribution in [-0.4, -0.2) is 33.5 Å². The molecule has 20 heavy (non-hydrogen) atoms. The fourth-order valence-corrected chi connectivity index (χ4v) is 4.74. The molecule has 2 aliphatic heterocycles. The molecule has 1 fully saturated rings. The van der Waals surface area contributed by atoms with Crippen LogP contribution in [0.4, 0.5) is 5.69 Å². The molecule has 0 aromatic heterocycles. The molecule has 3 nitrogen and oxygen atoms in total. The van der Waals surface area contributed by atoms with Gasteiger partial charge in [-0.05, 0) is 31.4 Å². The largest absolute Gasteiger partial charge is 0.342 e. The molecule has 1 aromatic carbocycles. The number of hydrogen-bond donors (Lipinski definition) is 0. The van der Waals surface area contributed by atoms with Crippen LogP contribution in [0.15, 0.2) is 29.3 Å². The van der Waals surface area contributed by atoms with E-state index in [9.17, 15) is 4.79 Å². The first-order valence-electron chi connectivity index (χ1n) is 6.99. The highest BCUT2D eigenvalue weighted by molar-refractivity contribution is 8.39. The molecular weight excluding hydrogens is 288 g/mol. The molecule has 1 unspecified atom stereocenters. The van der Waals surface area contributed by atoms with E-state index < -0.39 is 0 Å². The summed E-state index contributed by atoms with van der Waals surface area (Å²) < 4.78 is 1.02. The monoisotopic (exact) mass is 306 g/mol. The Kier molecular flexibility index (Phi) is 4.36. The molecule has 0 N–H and O–H groups in total. The van der Waals surface area contributed by atoms with Gasteiger partial charge in [0.15, 0.2) is 0 Å². The first kappa shape index (κ1) is 14.0. The molecule has 1 saturated heterocycles. The number of para-hydroxylation sites is 1. The Balaban J connectivity index is 1.66. The van der Waals surface area contributed by atoms with Gasteiger partial charge in [0.05, 0.1) is 10.9 Å². The van der Waals surface area contributed by atoms with Gasteiger partial charge in [0.1, 0.15) is 4.38 Å². The van der Waals surface area contributed by atoms with E-state index in [4.69, 9.17) is 0 Å². The van der Waals surface area contributed by atoms with Gasteiger partial charge in [0.25, 0.3) is 0 Å². The van der Waals surface area contributed by atoms with E-state index in [-0.39, 0.29) is 11.2 Å². The molecular formula is C15H18N2OS2. The van der Waals surface area contributed by atoms with Crippen molar-refractivity contribution in [3.8, 4) is 0 Å². The van der Waals surface area contributed by atoms with Crippen molar-refractivity contribution >= 4 is 39.5 Å². The lowest BCUT2D eigenvalue weighted by Gasteiger charge is -2.21. The summed E-state index contributed by atoms with van der Waals surface area (Å²) in [6.07, 6.45) is 2.29. The molecule has 3 rings (SSSR count). The standard InChI is InChI=1S/C15H18N2OS2/c1-11(14(18)17-8-4-5-9-17)20-15-16-13-7-3-2-6-12(13)10-19-15/h2-3,6-7,11H,4-5,8-10H2,1H3.